The number of nitrogens with one attached hydrogen (secondary N) is 1. The highest BCUT2D eigenvalue weighted by Crippen LogP contribution is 2.32. The van der Waals surface area contributed by atoms with Crippen molar-refractivity contribution < 1.29 is 4.79 Å². The average Bonchev–Trinajstić information content (AvgIpc) is 2.63. The van der Waals surface area contributed by atoms with E-state index in [1.54, 1.807) is 0 Å². The zero-order valence-corrected chi connectivity index (χ0v) is 10.4. The normalized spacial score (nSPS) is 17.5. The van der Waals surface area contributed by atoms with Crippen LogP contribution in [0.4, 0.5) is 0 Å². The van der Waals surface area contributed by atoms with E-state index in [1.165, 1.54) is 19.3 Å². The highest BCUT2D eigenvalue weighted by Gasteiger charge is 2.22. The Morgan fingerprint density at radius 1 is 1.65 bits per heavy atom. The second kappa shape index (κ2) is 5.36. The molecule has 0 bridgehead atoms. The third kappa shape index (κ3) is 2.88. The van der Waals surface area contributed by atoms with E-state index in [1.807, 2.05) is 25.3 Å². The number of nitrogens with two attached hydrogens (primary N) is 1. The number of carbonyl (C=O) groups is 1. The van der Waals surface area contributed by atoms with E-state index in [-0.39, 0.29) is 11.9 Å². The number of carbonyl (C=O) groups excluding carboxylic acids is 1. The van der Waals surface area contributed by atoms with E-state index in [0.29, 0.717) is 12.6 Å². The van der Waals surface area contributed by atoms with Gasteiger partial charge in [0.1, 0.15) is 5.69 Å². The summed E-state index contributed by atoms with van der Waals surface area (Å²) < 4.78 is 2.10. The van der Waals surface area contributed by atoms with Gasteiger partial charge in [0, 0.05) is 24.8 Å². The molecular weight excluding hydrogens is 214 g/mol. The van der Waals surface area contributed by atoms with Crippen LogP contribution in [0.25, 0.3) is 0 Å². The molecule has 94 valence electrons. The summed E-state index contributed by atoms with van der Waals surface area (Å²) in [6, 6.07) is 4.49. The molecule has 4 heteroatoms. The molecule has 0 radical (unpaired) electrons. The summed E-state index contributed by atoms with van der Waals surface area (Å²) in [5.74, 6) is 0.0163. The van der Waals surface area contributed by atoms with Gasteiger partial charge in [0.15, 0.2) is 0 Å². The molecular formula is C13H21N3O. The van der Waals surface area contributed by atoms with Gasteiger partial charge in [-0.1, -0.05) is 0 Å². The van der Waals surface area contributed by atoms with E-state index in [0.717, 1.165) is 12.1 Å². The lowest BCUT2D eigenvalue weighted by atomic mass is 9.93. The van der Waals surface area contributed by atoms with Crippen LogP contribution in [0.2, 0.25) is 0 Å². The van der Waals surface area contributed by atoms with Gasteiger partial charge in [-0.25, -0.2) is 0 Å². The van der Waals surface area contributed by atoms with Crippen LogP contribution in [0.1, 0.15) is 49.1 Å². The molecule has 2 rings (SSSR count). The molecule has 1 aromatic heterocycles. The maximum atomic E-state index is 12.0. The maximum Gasteiger partial charge on any atom is 0.267 e. The topological polar surface area (TPSA) is 60.0 Å². The highest BCUT2D eigenvalue weighted by molar-refractivity contribution is 5.92. The molecule has 1 aliphatic rings. The molecule has 1 unspecified atom stereocenters. The van der Waals surface area contributed by atoms with E-state index in [2.05, 4.69) is 9.88 Å². The van der Waals surface area contributed by atoms with Gasteiger partial charge in [-0.3, -0.25) is 4.79 Å². The van der Waals surface area contributed by atoms with Gasteiger partial charge >= 0.3 is 0 Å². The first kappa shape index (κ1) is 12.2. The Morgan fingerprint density at radius 3 is 3.00 bits per heavy atom. The molecule has 0 spiro atoms. The molecule has 17 heavy (non-hydrogen) atoms. The van der Waals surface area contributed by atoms with Crippen molar-refractivity contribution in [1.29, 1.82) is 0 Å². The molecule has 1 aliphatic carbocycles. The predicted molar refractivity (Wildman–Crippen MR) is 67.9 cm³/mol. The molecule has 3 N–H and O–H groups in total. The highest BCUT2D eigenvalue weighted by atomic mass is 16.1. The van der Waals surface area contributed by atoms with Crippen molar-refractivity contribution >= 4 is 5.91 Å². The van der Waals surface area contributed by atoms with Gasteiger partial charge in [-0.05, 0) is 44.7 Å². The van der Waals surface area contributed by atoms with E-state index < -0.39 is 0 Å². The fraction of sp³-hybridized carbons (Fsp3) is 0.615. The number of aromatic nitrogens is 1. The van der Waals surface area contributed by atoms with Crippen LogP contribution in [-0.4, -0.2) is 23.1 Å². The Balaban J connectivity index is 1.92. The van der Waals surface area contributed by atoms with E-state index in [4.69, 9.17) is 5.73 Å². The minimum absolute atomic E-state index is 0.0163. The minimum Gasteiger partial charge on any atom is -0.351 e. The SMILES string of the molecule is CC(N)CCNC(=O)c1cccn1C1CCC1. The van der Waals surface area contributed by atoms with Crippen LogP contribution in [0.15, 0.2) is 18.3 Å². The van der Waals surface area contributed by atoms with Gasteiger partial charge in [-0.15, -0.1) is 0 Å². The van der Waals surface area contributed by atoms with Gasteiger partial charge in [-0.2, -0.15) is 0 Å². The number of hydrogen-bond donors (Lipinski definition) is 2. The monoisotopic (exact) mass is 235 g/mol. The van der Waals surface area contributed by atoms with Crippen molar-refractivity contribution in [2.24, 2.45) is 5.73 Å². The Labute approximate surface area is 102 Å². The van der Waals surface area contributed by atoms with Crippen molar-refractivity contribution in [1.82, 2.24) is 9.88 Å². The van der Waals surface area contributed by atoms with Gasteiger partial charge in [0.05, 0.1) is 0 Å². The quantitative estimate of drug-likeness (QED) is 0.815. The Bertz CT molecular complexity index is 380. The van der Waals surface area contributed by atoms with Crippen LogP contribution < -0.4 is 11.1 Å². The fourth-order valence-corrected chi connectivity index (χ4v) is 2.07. The van der Waals surface area contributed by atoms with Gasteiger partial charge in [0.25, 0.3) is 5.91 Å². The lowest BCUT2D eigenvalue weighted by Crippen LogP contribution is -2.31. The Hall–Kier alpha value is -1.29. The molecule has 4 nitrogen and oxygen atoms in total. The lowest BCUT2D eigenvalue weighted by Gasteiger charge is -2.28. The summed E-state index contributed by atoms with van der Waals surface area (Å²) in [5, 5.41) is 2.92. The molecule has 1 fully saturated rings. The van der Waals surface area contributed by atoms with Crippen LogP contribution in [0.3, 0.4) is 0 Å². The number of rotatable bonds is 5. The average molecular weight is 235 g/mol. The molecule has 0 saturated heterocycles. The first-order valence-corrected chi connectivity index (χ1v) is 6.39. The van der Waals surface area contributed by atoms with Crippen molar-refractivity contribution in [2.45, 2.75) is 44.7 Å². The second-order valence-electron chi connectivity index (χ2n) is 4.91. The zero-order chi connectivity index (χ0) is 12.3. The number of hydrogen-bond acceptors (Lipinski definition) is 2. The van der Waals surface area contributed by atoms with E-state index in [9.17, 15) is 4.79 Å². The number of amides is 1. The second-order valence-corrected chi connectivity index (χ2v) is 4.91. The number of nitrogens with zero attached hydrogens (tertiary/aromatic N) is 1. The predicted octanol–water partition coefficient (Wildman–Crippen LogP) is 1.68. The third-order valence-electron chi connectivity index (χ3n) is 3.36. The standard InChI is InChI=1S/C13H21N3O/c1-10(14)7-8-15-13(17)12-6-3-9-16(12)11-4-2-5-11/h3,6,9-11H,2,4-5,7-8,14H2,1H3,(H,15,17). The van der Waals surface area contributed by atoms with Gasteiger partial charge < -0.3 is 15.6 Å². The smallest absolute Gasteiger partial charge is 0.267 e. The maximum absolute atomic E-state index is 12.0. The van der Waals surface area contributed by atoms with Crippen LogP contribution >= 0.6 is 0 Å². The molecule has 1 saturated carbocycles. The summed E-state index contributed by atoms with van der Waals surface area (Å²) in [6.45, 7) is 2.59. The van der Waals surface area contributed by atoms with Crippen molar-refractivity contribution in [3.05, 3.63) is 24.0 Å². The molecule has 1 atom stereocenters. The van der Waals surface area contributed by atoms with Crippen LogP contribution in [0, 0.1) is 0 Å². The Morgan fingerprint density at radius 2 is 2.41 bits per heavy atom. The third-order valence-corrected chi connectivity index (χ3v) is 3.36. The summed E-state index contributed by atoms with van der Waals surface area (Å²) in [6.07, 6.45) is 6.47. The Kier molecular flexibility index (Phi) is 3.84. The van der Waals surface area contributed by atoms with E-state index >= 15 is 0 Å². The summed E-state index contributed by atoms with van der Waals surface area (Å²) in [5.41, 5.74) is 6.43. The first-order valence-electron chi connectivity index (χ1n) is 6.39. The van der Waals surface area contributed by atoms with Crippen molar-refractivity contribution in [3.63, 3.8) is 0 Å². The first-order chi connectivity index (χ1) is 8.18. The summed E-state index contributed by atoms with van der Waals surface area (Å²) >= 11 is 0. The minimum atomic E-state index is 0.0163. The summed E-state index contributed by atoms with van der Waals surface area (Å²) in [4.78, 5) is 12.0. The molecule has 0 aliphatic heterocycles. The molecule has 1 aromatic rings. The van der Waals surface area contributed by atoms with Gasteiger partial charge in [0.2, 0.25) is 0 Å². The molecule has 0 aromatic carbocycles. The molecule has 1 amide bonds. The lowest BCUT2D eigenvalue weighted by molar-refractivity contribution is 0.0937. The fourth-order valence-electron chi connectivity index (χ4n) is 2.07. The largest absolute Gasteiger partial charge is 0.351 e. The zero-order valence-electron chi connectivity index (χ0n) is 10.4. The van der Waals surface area contributed by atoms with Crippen molar-refractivity contribution in [2.75, 3.05) is 6.54 Å². The van der Waals surface area contributed by atoms with Crippen LogP contribution in [0.5, 0.6) is 0 Å². The van der Waals surface area contributed by atoms with Crippen molar-refractivity contribution in [3.8, 4) is 0 Å². The summed E-state index contributed by atoms with van der Waals surface area (Å²) in [7, 11) is 0. The molecule has 1 heterocycles. The van der Waals surface area contributed by atoms with Crippen LogP contribution in [-0.2, 0) is 0 Å².